The predicted molar refractivity (Wildman–Crippen MR) is 79.5 cm³/mol. The summed E-state index contributed by atoms with van der Waals surface area (Å²) >= 11 is 6.27. The minimum atomic E-state index is 0.880. The Kier molecular flexibility index (Phi) is 8.21. The summed E-state index contributed by atoms with van der Waals surface area (Å²) in [5, 5.41) is 1.01. The molecule has 0 saturated carbocycles. The lowest BCUT2D eigenvalue weighted by atomic mass is 10.1. The van der Waals surface area contributed by atoms with Crippen molar-refractivity contribution in [1.82, 2.24) is 0 Å². The standard InChI is InChI=1S/C12H22S3/c1-3-6-13-8-11(2)5-4-7-14-9-12-10-15-12/h3,11-12H,1,4-10H2,2H3. The highest BCUT2D eigenvalue weighted by Gasteiger charge is 2.21. The summed E-state index contributed by atoms with van der Waals surface area (Å²) in [4.78, 5) is 0. The molecule has 0 nitrogen and oxygen atoms in total. The molecule has 0 spiro atoms. The third kappa shape index (κ3) is 8.58. The molecule has 0 aromatic heterocycles. The van der Waals surface area contributed by atoms with E-state index in [1.165, 1.54) is 35.9 Å². The third-order valence-electron chi connectivity index (χ3n) is 2.33. The van der Waals surface area contributed by atoms with Gasteiger partial charge in [-0.25, -0.2) is 0 Å². The smallest absolute Gasteiger partial charge is 0.0229 e. The first-order valence-corrected chi connectivity index (χ1v) is 9.06. The molecular formula is C12H22S3. The topological polar surface area (TPSA) is 0 Å². The predicted octanol–water partition coefficient (Wildman–Crippen LogP) is 4.17. The van der Waals surface area contributed by atoms with E-state index in [2.05, 4.69) is 37.0 Å². The van der Waals surface area contributed by atoms with Gasteiger partial charge in [0, 0.05) is 22.5 Å². The Morgan fingerprint density at radius 1 is 1.53 bits per heavy atom. The van der Waals surface area contributed by atoms with Crippen molar-refractivity contribution in [3.8, 4) is 0 Å². The molecule has 0 bridgehead atoms. The maximum atomic E-state index is 3.74. The van der Waals surface area contributed by atoms with Crippen LogP contribution in [0.5, 0.6) is 0 Å². The van der Waals surface area contributed by atoms with Crippen LogP contribution in [0.15, 0.2) is 12.7 Å². The minimum absolute atomic E-state index is 0.880. The van der Waals surface area contributed by atoms with Crippen molar-refractivity contribution in [3.63, 3.8) is 0 Å². The first-order valence-electron chi connectivity index (χ1n) is 5.71. The van der Waals surface area contributed by atoms with Crippen LogP contribution in [-0.4, -0.2) is 34.0 Å². The van der Waals surface area contributed by atoms with Crippen LogP contribution in [0.2, 0.25) is 0 Å². The monoisotopic (exact) mass is 262 g/mol. The second kappa shape index (κ2) is 8.89. The molecule has 0 aliphatic carbocycles. The molecule has 0 radical (unpaired) electrons. The summed E-state index contributed by atoms with van der Waals surface area (Å²) in [6, 6.07) is 0. The van der Waals surface area contributed by atoms with Gasteiger partial charge in [0.1, 0.15) is 0 Å². The quantitative estimate of drug-likeness (QED) is 0.329. The van der Waals surface area contributed by atoms with Crippen molar-refractivity contribution in [2.24, 2.45) is 5.92 Å². The number of thioether (sulfide) groups is 3. The molecule has 2 atom stereocenters. The average Bonchev–Trinajstić information content (AvgIpc) is 3.02. The maximum absolute atomic E-state index is 3.74. The summed E-state index contributed by atoms with van der Waals surface area (Å²) in [7, 11) is 0. The molecule has 1 heterocycles. The molecule has 88 valence electrons. The van der Waals surface area contributed by atoms with Crippen molar-refractivity contribution < 1.29 is 0 Å². The molecule has 1 aliphatic heterocycles. The van der Waals surface area contributed by atoms with Crippen molar-refractivity contribution in [1.29, 1.82) is 0 Å². The van der Waals surface area contributed by atoms with Crippen molar-refractivity contribution in [2.75, 3.05) is 28.8 Å². The van der Waals surface area contributed by atoms with Gasteiger partial charge in [0.25, 0.3) is 0 Å². The summed E-state index contributed by atoms with van der Waals surface area (Å²) in [6.07, 6.45) is 4.80. The van der Waals surface area contributed by atoms with Gasteiger partial charge in [-0.15, -0.1) is 6.58 Å². The van der Waals surface area contributed by atoms with Crippen LogP contribution in [0.25, 0.3) is 0 Å². The largest absolute Gasteiger partial charge is 0.161 e. The van der Waals surface area contributed by atoms with E-state index in [1.807, 2.05) is 17.8 Å². The van der Waals surface area contributed by atoms with E-state index in [0.29, 0.717) is 0 Å². The van der Waals surface area contributed by atoms with Crippen LogP contribution in [0.3, 0.4) is 0 Å². The molecule has 0 aromatic rings. The molecule has 1 rings (SSSR count). The van der Waals surface area contributed by atoms with E-state index in [4.69, 9.17) is 0 Å². The average molecular weight is 263 g/mol. The molecule has 3 heteroatoms. The van der Waals surface area contributed by atoms with Gasteiger partial charge in [-0.2, -0.15) is 35.3 Å². The molecule has 1 fully saturated rings. The molecule has 1 saturated heterocycles. The van der Waals surface area contributed by atoms with Crippen LogP contribution in [0.4, 0.5) is 0 Å². The van der Waals surface area contributed by atoms with E-state index in [1.54, 1.807) is 0 Å². The second-order valence-corrected chi connectivity index (χ2v) is 7.66. The third-order valence-corrected chi connectivity index (χ3v) is 6.00. The molecule has 1 aliphatic rings. The zero-order valence-corrected chi connectivity index (χ0v) is 12.1. The molecule has 0 N–H and O–H groups in total. The Bertz CT molecular complexity index is 166. The highest BCUT2D eigenvalue weighted by atomic mass is 32.2. The Balaban J connectivity index is 1.78. The Morgan fingerprint density at radius 3 is 3.00 bits per heavy atom. The Morgan fingerprint density at radius 2 is 2.33 bits per heavy atom. The molecule has 0 aromatic carbocycles. The summed E-state index contributed by atoms with van der Waals surface area (Å²) in [5.41, 5.74) is 0. The number of rotatable bonds is 10. The van der Waals surface area contributed by atoms with Crippen LogP contribution < -0.4 is 0 Å². The molecule has 0 amide bonds. The van der Waals surface area contributed by atoms with E-state index >= 15 is 0 Å². The van der Waals surface area contributed by atoms with Crippen molar-refractivity contribution in [2.45, 2.75) is 25.0 Å². The van der Waals surface area contributed by atoms with Gasteiger partial charge in [0.2, 0.25) is 0 Å². The molecule has 15 heavy (non-hydrogen) atoms. The van der Waals surface area contributed by atoms with Gasteiger partial charge in [-0.3, -0.25) is 0 Å². The van der Waals surface area contributed by atoms with Gasteiger partial charge in [-0.1, -0.05) is 13.0 Å². The highest BCUT2D eigenvalue weighted by Crippen LogP contribution is 2.33. The SMILES string of the molecule is C=CCSCC(C)CCCSCC1CS1. The maximum Gasteiger partial charge on any atom is 0.0229 e. The first kappa shape index (κ1) is 13.9. The minimum Gasteiger partial charge on any atom is -0.161 e. The van der Waals surface area contributed by atoms with E-state index in [0.717, 1.165) is 16.9 Å². The van der Waals surface area contributed by atoms with Gasteiger partial charge in [-0.05, 0) is 30.3 Å². The van der Waals surface area contributed by atoms with Crippen molar-refractivity contribution >= 4 is 35.3 Å². The summed E-state index contributed by atoms with van der Waals surface area (Å²) in [5.74, 6) is 7.47. The molecular weight excluding hydrogens is 240 g/mol. The normalized spacial score (nSPS) is 21.3. The fourth-order valence-electron chi connectivity index (χ4n) is 1.35. The fourth-order valence-corrected chi connectivity index (χ4v) is 4.22. The van der Waals surface area contributed by atoms with Crippen LogP contribution >= 0.6 is 35.3 Å². The van der Waals surface area contributed by atoms with Crippen molar-refractivity contribution in [3.05, 3.63) is 12.7 Å². The van der Waals surface area contributed by atoms with Gasteiger partial charge in [0.05, 0.1) is 0 Å². The fraction of sp³-hybridized carbons (Fsp3) is 0.833. The van der Waals surface area contributed by atoms with Crippen LogP contribution in [0, 0.1) is 5.92 Å². The molecule has 2 unspecified atom stereocenters. The lowest BCUT2D eigenvalue weighted by Gasteiger charge is -2.09. The van der Waals surface area contributed by atoms with Crippen LogP contribution in [0.1, 0.15) is 19.8 Å². The van der Waals surface area contributed by atoms with E-state index in [9.17, 15) is 0 Å². The lowest BCUT2D eigenvalue weighted by molar-refractivity contribution is 0.588. The summed E-state index contributed by atoms with van der Waals surface area (Å²) in [6.45, 7) is 6.11. The Hall–Kier alpha value is 0.790. The van der Waals surface area contributed by atoms with Gasteiger partial charge in [0.15, 0.2) is 0 Å². The zero-order valence-electron chi connectivity index (χ0n) is 9.61. The summed E-state index contributed by atoms with van der Waals surface area (Å²) < 4.78 is 0. The van der Waals surface area contributed by atoms with Gasteiger partial charge >= 0.3 is 0 Å². The highest BCUT2D eigenvalue weighted by molar-refractivity contribution is 8.08. The lowest BCUT2D eigenvalue weighted by Crippen LogP contribution is -2.00. The Labute approximate surface area is 107 Å². The van der Waals surface area contributed by atoms with Crippen LogP contribution in [-0.2, 0) is 0 Å². The first-order chi connectivity index (χ1) is 7.33. The van der Waals surface area contributed by atoms with E-state index in [-0.39, 0.29) is 0 Å². The van der Waals surface area contributed by atoms with Gasteiger partial charge < -0.3 is 0 Å². The number of hydrogen-bond acceptors (Lipinski definition) is 3. The second-order valence-electron chi connectivity index (χ2n) is 4.10. The number of hydrogen-bond donors (Lipinski definition) is 0. The zero-order chi connectivity index (χ0) is 10.9. The van der Waals surface area contributed by atoms with E-state index < -0.39 is 0 Å².